The van der Waals surface area contributed by atoms with E-state index in [0.29, 0.717) is 6.04 Å². The minimum atomic E-state index is 0.442. The molecule has 0 spiro atoms. The number of hydrogen-bond acceptors (Lipinski definition) is 2. The van der Waals surface area contributed by atoms with E-state index in [0.717, 1.165) is 17.1 Å². The van der Waals surface area contributed by atoms with Crippen LogP contribution in [0.15, 0.2) is 11.1 Å². The summed E-state index contributed by atoms with van der Waals surface area (Å²) in [5.74, 6) is 0. The van der Waals surface area contributed by atoms with Crippen LogP contribution in [-0.2, 0) is 0 Å². The quantitative estimate of drug-likeness (QED) is 0.836. The molecule has 88 valence electrons. The zero-order valence-corrected chi connectivity index (χ0v) is 11.3. The molecule has 1 aliphatic carbocycles. The van der Waals surface area contributed by atoms with Crippen LogP contribution in [0.4, 0.5) is 0 Å². The Morgan fingerprint density at radius 2 is 2.00 bits per heavy atom. The van der Waals surface area contributed by atoms with Crippen molar-refractivity contribution in [3.63, 3.8) is 0 Å². The Hall–Kier alpha value is 0.140. The Kier molecular flexibility index (Phi) is 5.87. The van der Waals surface area contributed by atoms with Crippen molar-refractivity contribution in [2.24, 2.45) is 5.73 Å². The van der Waals surface area contributed by atoms with Crippen molar-refractivity contribution in [1.82, 2.24) is 4.90 Å². The molecular formula is C12H23BrN2. The first-order valence-corrected chi connectivity index (χ1v) is 6.75. The van der Waals surface area contributed by atoms with E-state index in [1.54, 1.807) is 0 Å². The van der Waals surface area contributed by atoms with E-state index in [2.05, 4.69) is 34.3 Å². The van der Waals surface area contributed by atoms with Gasteiger partial charge in [0.15, 0.2) is 0 Å². The van der Waals surface area contributed by atoms with Crippen LogP contribution >= 0.6 is 15.9 Å². The van der Waals surface area contributed by atoms with Crippen LogP contribution in [0.25, 0.3) is 0 Å². The second kappa shape index (κ2) is 6.66. The average Bonchev–Trinajstić information content (AvgIpc) is 2.17. The number of hydrogen-bond donors (Lipinski definition) is 1. The average molecular weight is 275 g/mol. The molecule has 0 aromatic rings. The summed E-state index contributed by atoms with van der Waals surface area (Å²) in [6, 6.07) is 1.16. The van der Waals surface area contributed by atoms with Gasteiger partial charge in [-0.3, -0.25) is 4.90 Å². The zero-order valence-electron chi connectivity index (χ0n) is 9.71. The van der Waals surface area contributed by atoms with Gasteiger partial charge < -0.3 is 5.73 Å². The lowest BCUT2D eigenvalue weighted by molar-refractivity contribution is 0.164. The predicted octanol–water partition coefficient (Wildman–Crippen LogP) is 2.88. The molecule has 0 radical (unpaired) electrons. The molecule has 0 unspecified atom stereocenters. The fourth-order valence-corrected chi connectivity index (χ4v) is 2.69. The van der Waals surface area contributed by atoms with Crippen molar-refractivity contribution in [3.05, 3.63) is 11.1 Å². The lowest BCUT2D eigenvalue weighted by Gasteiger charge is -2.35. The molecule has 1 fully saturated rings. The van der Waals surface area contributed by atoms with Gasteiger partial charge in [0.1, 0.15) is 0 Å². The van der Waals surface area contributed by atoms with E-state index in [-0.39, 0.29) is 0 Å². The van der Waals surface area contributed by atoms with Crippen molar-refractivity contribution in [1.29, 1.82) is 0 Å². The van der Waals surface area contributed by atoms with Crippen molar-refractivity contribution in [2.45, 2.75) is 51.1 Å². The highest BCUT2D eigenvalue weighted by Gasteiger charge is 2.23. The molecule has 0 atom stereocenters. The minimum Gasteiger partial charge on any atom is -0.328 e. The summed E-state index contributed by atoms with van der Waals surface area (Å²) in [6.07, 6.45) is 6.07. The summed E-state index contributed by atoms with van der Waals surface area (Å²) in [5.41, 5.74) is 5.93. The second-order valence-electron chi connectivity index (χ2n) is 4.56. The molecule has 1 aliphatic rings. The topological polar surface area (TPSA) is 29.3 Å². The molecule has 0 amide bonds. The van der Waals surface area contributed by atoms with Gasteiger partial charge in [0.25, 0.3) is 0 Å². The van der Waals surface area contributed by atoms with E-state index >= 15 is 0 Å². The first-order chi connectivity index (χ1) is 7.13. The van der Waals surface area contributed by atoms with Gasteiger partial charge in [0.05, 0.1) is 0 Å². The molecule has 15 heavy (non-hydrogen) atoms. The Morgan fingerprint density at radius 3 is 2.47 bits per heavy atom. The number of rotatable bonds is 5. The normalized spacial score (nSPS) is 26.9. The molecule has 0 aromatic carbocycles. The van der Waals surface area contributed by atoms with Crippen LogP contribution in [-0.4, -0.2) is 30.1 Å². The smallest absolute Gasteiger partial charge is 0.0296 e. The molecular weight excluding hydrogens is 252 g/mol. The lowest BCUT2D eigenvalue weighted by Crippen LogP contribution is -2.41. The maximum Gasteiger partial charge on any atom is 0.0296 e. The van der Waals surface area contributed by atoms with Crippen LogP contribution in [0.3, 0.4) is 0 Å². The molecule has 2 N–H and O–H groups in total. The molecule has 3 heteroatoms. The van der Waals surface area contributed by atoms with Gasteiger partial charge in [-0.25, -0.2) is 0 Å². The third-order valence-corrected chi connectivity index (χ3v) is 3.39. The third kappa shape index (κ3) is 4.66. The Bertz CT molecular complexity index is 198. The summed E-state index contributed by atoms with van der Waals surface area (Å²) in [7, 11) is 0. The van der Waals surface area contributed by atoms with Gasteiger partial charge in [0.2, 0.25) is 0 Å². The summed E-state index contributed by atoms with van der Waals surface area (Å²) >= 11 is 3.46. The maximum atomic E-state index is 5.93. The van der Waals surface area contributed by atoms with Crippen LogP contribution in [0.1, 0.15) is 39.0 Å². The van der Waals surface area contributed by atoms with Gasteiger partial charge >= 0.3 is 0 Å². The maximum absolute atomic E-state index is 5.93. The fraction of sp³-hybridized carbons (Fsp3) is 0.833. The molecule has 0 aromatic heterocycles. The number of halogens is 1. The van der Waals surface area contributed by atoms with Crippen LogP contribution in [0.2, 0.25) is 0 Å². The van der Waals surface area contributed by atoms with Crippen molar-refractivity contribution in [3.8, 4) is 0 Å². The Balaban J connectivity index is 2.44. The van der Waals surface area contributed by atoms with Crippen molar-refractivity contribution >= 4 is 15.9 Å². The van der Waals surface area contributed by atoms with E-state index in [1.807, 2.05) is 0 Å². The van der Waals surface area contributed by atoms with Crippen LogP contribution < -0.4 is 5.73 Å². The zero-order chi connectivity index (χ0) is 11.3. The highest BCUT2D eigenvalue weighted by molar-refractivity contribution is 9.11. The monoisotopic (exact) mass is 274 g/mol. The third-order valence-electron chi connectivity index (χ3n) is 3.14. The van der Waals surface area contributed by atoms with E-state index in [4.69, 9.17) is 5.73 Å². The van der Waals surface area contributed by atoms with E-state index < -0.39 is 0 Å². The minimum absolute atomic E-state index is 0.442. The van der Waals surface area contributed by atoms with Gasteiger partial charge in [0, 0.05) is 23.1 Å². The lowest BCUT2D eigenvalue weighted by atomic mass is 9.90. The standard InChI is InChI=1S/C12H23BrN2/c1-3-8-15(9-10(2)13)12-6-4-11(14)5-7-12/h11-12H,2-9,14H2,1H3. The highest BCUT2D eigenvalue weighted by Crippen LogP contribution is 2.23. The molecule has 0 heterocycles. The molecule has 0 aliphatic heterocycles. The first kappa shape index (κ1) is 13.2. The van der Waals surface area contributed by atoms with Gasteiger partial charge in [-0.05, 0) is 38.6 Å². The molecule has 1 saturated carbocycles. The summed E-state index contributed by atoms with van der Waals surface area (Å²) in [4.78, 5) is 2.54. The molecule has 0 bridgehead atoms. The summed E-state index contributed by atoms with van der Waals surface area (Å²) in [5, 5.41) is 0. The second-order valence-corrected chi connectivity index (χ2v) is 5.68. The van der Waals surface area contributed by atoms with E-state index in [9.17, 15) is 0 Å². The molecule has 1 rings (SSSR count). The number of nitrogens with two attached hydrogens (primary N) is 1. The van der Waals surface area contributed by atoms with E-state index in [1.165, 1.54) is 38.6 Å². The molecule has 0 saturated heterocycles. The fourth-order valence-electron chi connectivity index (χ4n) is 2.37. The summed E-state index contributed by atoms with van der Waals surface area (Å²) in [6.45, 7) is 8.32. The predicted molar refractivity (Wildman–Crippen MR) is 70.2 cm³/mol. The number of nitrogens with zero attached hydrogens (tertiary/aromatic N) is 1. The summed E-state index contributed by atoms with van der Waals surface area (Å²) < 4.78 is 1.09. The molecule has 2 nitrogen and oxygen atoms in total. The first-order valence-electron chi connectivity index (χ1n) is 5.96. The Morgan fingerprint density at radius 1 is 1.40 bits per heavy atom. The van der Waals surface area contributed by atoms with Gasteiger partial charge in [-0.15, -0.1) is 0 Å². The SMILES string of the molecule is C=C(Br)CN(CCC)C1CCC(N)CC1. The largest absolute Gasteiger partial charge is 0.328 e. The van der Waals surface area contributed by atoms with Gasteiger partial charge in [-0.2, -0.15) is 0 Å². The van der Waals surface area contributed by atoms with Crippen molar-refractivity contribution in [2.75, 3.05) is 13.1 Å². The van der Waals surface area contributed by atoms with Crippen molar-refractivity contribution < 1.29 is 0 Å². The van der Waals surface area contributed by atoms with Crippen LogP contribution in [0, 0.1) is 0 Å². The highest BCUT2D eigenvalue weighted by atomic mass is 79.9. The van der Waals surface area contributed by atoms with Gasteiger partial charge in [-0.1, -0.05) is 29.4 Å². The van der Waals surface area contributed by atoms with Crippen LogP contribution in [0.5, 0.6) is 0 Å². The Labute approximate surface area is 102 Å².